The van der Waals surface area contributed by atoms with Crippen molar-refractivity contribution in [1.82, 2.24) is 20.1 Å². The molecule has 0 saturated carbocycles. The van der Waals surface area contributed by atoms with Crippen molar-refractivity contribution in [3.63, 3.8) is 0 Å². The van der Waals surface area contributed by atoms with E-state index in [1.807, 2.05) is 0 Å². The van der Waals surface area contributed by atoms with Gasteiger partial charge < -0.3 is 9.88 Å². The molecule has 0 fully saturated rings. The number of fused-ring (bicyclic) bond motifs is 1. The summed E-state index contributed by atoms with van der Waals surface area (Å²) in [6.45, 7) is 4.10. The van der Waals surface area contributed by atoms with Gasteiger partial charge in [0, 0.05) is 24.4 Å². The Morgan fingerprint density at radius 2 is 2.32 bits per heavy atom. The van der Waals surface area contributed by atoms with Crippen molar-refractivity contribution in [3.05, 3.63) is 32.4 Å². The van der Waals surface area contributed by atoms with E-state index in [1.54, 1.807) is 11.3 Å². The number of nitrogens with zero attached hydrogens (tertiary/aromatic N) is 3. The van der Waals surface area contributed by atoms with Gasteiger partial charge in [-0.3, -0.25) is 0 Å². The Hall–Kier alpha value is -0.720. The van der Waals surface area contributed by atoms with Gasteiger partial charge in [0.15, 0.2) is 0 Å². The van der Waals surface area contributed by atoms with Gasteiger partial charge in [0.2, 0.25) is 0 Å². The van der Waals surface area contributed by atoms with Crippen molar-refractivity contribution in [1.29, 1.82) is 0 Å². The monoisotopic (exact) mass is 340 g/mol. The zero-order valence-electron chi connectivity index (χ0n) is 10.9. The van der Waals surface area contributed by atoms with Gasteiger partial charge in [0.25, 0.3) is 0 Å². The Balaban J connectivity index is 1.67. The van der Waals surface area contributed by atoms with Crippen LogP contribution in [0.25, 0.3) is 0 Å². The van der Waals surface area contributed by atoms with Gasteiger partial charge in [0.05, 0.1) is 9.83 Å². The van der Waals surface area contributed by atoms with Crippen LogP contribution >= 0.6 is 27.3 Å². The van der Waals surface area contributed by atoms with Crippen LogP contribution in [0.1, 0.15) is 42.3 Å². The molecule has 1 unspecified atom stereocenters. The molecule has 3 rings (SSSR count). The fourth-order valence-corrected chi connectivity index (χ4v) is 3.88. The molecule has 4 nitrogen and oxygen atoms in total. The number of halogens is 1. The molecule has 102 valence electrons. The lowest BCUT2D eigenvalue weighted by atomic mass is 10.1. The second-order valence-corrected chi connectivity index (χ2v) is 7.44. The van der Waals surface area contributed by atoms with Gasteiger partial charge in [-0.05, 0) is 47.8 Å². The standard InChI is InChI=1S/C13H17BrN4S/c1-9(15-8-10-5-6-11(14)19-10)13-17-16-12-4-2-3-7-18(12)13/h5-6,9,15H,2-4,7-8H2,1H3. The number of hydrogen-bond donors (Lipinski definition) is 1. The van der Waals surface area contributed by atoms with E-state index in [0.29, 0.717) is 0 Å². The molecular formula is C13H17BrN4S. The first kappa shape index (κ1) is 13.3. The maximum atomic E-state index is 4.36. The van der Waals surface area contributed by atoms with Crippen LogP contribution in [0.15, 0.2) is 15.9 Å². The minimum absolute atomic E-state index is 0.236. The third-order valence-corrected chi connectivity index (χ3v) is 5.11. The summed E-state index contributed by atoms with van der Waals surface area (Å²) in [5.41, 5.74) is 0. The quantitative estimate of drug-likeness (QED) is 0.928. The van der Waals surface area contributed by atoms with Gasteiger partial charge >= 0.3 is 0 Å². The number of nitrogens with one attached hydrogen (secondary N) is 1. The fraction of sp³-hybridized carbons (Fsp3) is 0.538. The average molecular weight is 341 g/mol. The number of aromatic nitrogens is 3. The van der Waals surface area contributed by atoms with Crippen molar-refractivity contribution in [2.24, 2.45) is 0 Å². The molecule has 0 aromatic carbocycles. The minimum Gasteiger partial charge on any atom is -0.314 e. The number of thiophene rings is 1. The van der Waals surface area contributed by atoms with Crippen molar-refractivity contribution in [2.75, 3.05) is 0 Å². The molecule has 3 heterocycles. The summed E-state index contributed by atoms with van der Waals surface area (Å²) in [6, 6.07) is 4.47. The van der Waals surface area contributed by atoms with Crippen molar-refractivity contribution >= 4 is 27.3 Å². The van der Waals surface area contributed by atoms with E-state index in [-0.39, 0.29) is 6.04 Å². The lowest BCUT2D eigenvalue weighted by Crippen LogP contribution is -2.23. The Bertz CT molecular complexity index is 563. The fourth-order valence-electron chi connectivity index (χ4n) is 2.44. The van der Waals surface area contributed by atoms with Gasteiger partial charge in [-0.1, -0.05) is 0 Å². The zero-order chi connectivity index (χ0) is 13.2. The van der Waals surface area contributed by atoms with Crippen LogP contribution in [-0.2, 0) is 19.5 Å². The SMILES string of the molecule is CC(NCc1ccc(Br)s1)c1nnc2n1CCCC2. The zero-order valence-corrected chi connectivity index (χ0v) is 13.3. The second-order valence-electron chi connectivity index (χ2n) is 4.89. The molecule has 0 bridgehead atoms. The highest BCUT2D eigenvalue weighted by Crippen LogP contribution is 2.23. The first-order chi connectivity index (χ1) is 9.24. The van der Waals surface area contributed by atoms with Gasteiger partial charge in [0.1, 0.15) is 11.6 Å². The highest BCUT2D eigenvalue weighted by Gasteiger charge is 2.19. The Morgan fingerprint density at radius 3 is 3.11 bits per heavy atom. The Labute approximate surface area is 125 Å². The van der Waals surface area contributed by atoms with Gasteiger partial charge in [-0.15, -0.1) is 21.5 Å². The van der Waals surface area contributed by atoms with E-state index in [4.69, 9.17) is 0 Å². The second kappa shape index (κ2) is 5.73. The van der Waals surface area contributed by atoms with E-state index in [9.17, 15) is 0 Å². The maximum Gasteiger partial charge on any atom is 0.149 e. The number of aryl methyl sites for hydroxylation is 1. The highest BCUT2D eigenvalue weighted by atomic mass is 79.9. The topological polar surface area (TPSA) is 42.7 Å². The predicted molar refractivity (Wildman–Crippen MR) is 80.2 cm³/mol. The summed E-state index contributed by atoms with van der Waals surface area (Å²) in [5, 5.41) is 12.2. The lowest BCUT2D eigenvalue weighted by Gasteiger charge is -2.18. The molecule has 0 saturated heterocycles. The van der Waals surface area contributed by atoms with Crippen LogP contribution in [0.4, 0.5) is 0 Å². The van der Waals surface area contributed by atoms with Gasteiger partial charge in [-0.25, -0.2) is 0 Å². The van der Waals surface area contributed by atoms with Crippen LogP contribution in [0, 0.1) is 0 Å². The molecule has 0 amide bonds. The van der Waals surface area contributed by atoms with Crippen molar-refractivity contribution in [2.45, 2.75) is 45.3 Å². The summed E-state index contributed by atoms with van der Waals surface area (Å²) in [4.78, 5) is 1.33. The van der Waals surface area contributed by atoms with Crippen LogP contribution in [0.5, 0.6) is 0 Å². The number of hydrogen-bond acceptors (Lipinski definition) is 4. The lowest BCUT2D eigenvalue weighted by molar-refractivity contribution is 0.466. The molecule has 1 aliphatic heterocycles. The molecule has 0 spiro atoms. The average Bonchev–Trinajstić information content (AvgIpc) is 3.02. The summed E-state index contributed by atoms with van der Waals surface area (Å²) in [5.74, 6) is 2.22. The predicted octanol–water partition coefficient (Wildman–Crippen LogP) is 3.29. The van der Waals surface area contributed by atoms with Crippen LogP contribution < -0.4 is 5.32 Å². The Kier molecular flexibility index (Phi) is 4.00. The summed E-state index contributed by atoms with van der Waals surface area (Å²) >= 11 is 5.26. The van der Waals surface area contributed by atoms with Crippen LogP contribution in [-0.4, -0.2) is 14.8 Å². The molecule has 1 N–H and O–H groups in total. The van der Waals surface area contributed by atoms with Crippen molar-refractivity contribution in [3.8, 4) is 0 Å². The molecule has 0 aliphatic carbocycles. The van der Waals surface area contributed by atoms with E-state index < -0.39 is 0 Å². The minimum atomic E-state index is 0.236. The summed E-state index contributed by atoms with van der Waals surface area (Å²) in [6.07, 6.45) is 3.55. The van der Waals surface area contributed by atoms with Crippen LogP contribution in [0.2, 0.25) is 0 Å². The molecule has 6 heteroatoms. The van der Waals surface area contributed by atoms with Crippen LogP contribution in [0.3, 0.4) is 0 Å². The smallest absolute Gasteiger partial charge is 0.149 e. The third-order valence-electron chi connectivity index (χ3n) is 3.49. The molecule has 0 radical (unpaired) electrons. The molecule has 1 atom stereocenters. The molecule has 2 aromatic rings. The first-order valence-corrected chi connectivity index (χ1v) is 8.24. The van der Waals surface area contributed by atoms with E-state index in [0.717, 1.165) is 31.2 Å². The van der Waals surface area contributed by atoms with Gasteiger partial charge in [-0.2, -0.15) is 0 Å². The molecule has 1 aliphatic rings. The van der Waals surface area contributed by atoms with E-state index >= 15 is 0 Å². The van der Waals surface area contributed by atoms with E-state index in [1.165, 1.54) is 21.5 Å². The summed E-state index contributed by atoms with van der Waals surface area (Å²) in [7, 11) is 0. The normalized spacial score (nSPS) is 16.3. The highest BCUT2D eigenvalue weighted by molar-refractivity contribution is 9.11. The van der Waals surface area contributed by atoms with E-state index in [2.05, 4.69) is 55.1 Å². The molecular weight excluding hydrogens is 324 g/mol. The third kappa shape index (κ3) is 2.90. The van der Waals surface area contributed by atoms with Crippen molar-refractivity contribution < 1.29 is 0 Å². The Morgan fingerprint density at radius 1 is 1.42 bits per heavy atom. The largest absolute Gasteiger partial charge is 0.314 e. The molecule has 2 aromatic heterocycles. The number of rotatable bonds is 4. The first-order valence-electron chi connectivity index (χ1n) is 6.63. The molecule has 19 heavy (non-hydrogen) atoms. The maximum absolute atomic E-state index is 4.36. The summed E-state index contributed by atoms with van der Waals surface area (Å²) < 4.78 is 3.46.